The van der Waals surface area contributed by atoms with E-state index in [0.717, 1.165) is 11.8 Å². The predicted molar refractivity (Wildman–Crippen MR) is 74.3 cm³/mol. The van der Waals surface area contributed by atoms with E-state index in [9.17, 15) is 0 Å². The average molecular weight is 348 g/mol. The predicted octanol–water partition coefficient (Wildman–Crippen LogP) is 5.04. The number of halogens is 2. The average Bonchev–Trinajstić information content (AvgIpc) is 2.86. The highest BCUT2D eigenvalue weighted by Gasteiger charge is 2.77. The fourth-order valence-electron chi connectivity index (χ4n) is 5.56. The second-order valence-electron chi connectivity index (χ2n) is 6.90. The second kappa shape index (κ2) is 3.10. The Morgan fingerprint density at radius 2 is 1.44 bits per heavy atom. The van der Waals surface area contributed by atoms with Crippen molar-refractivity contribution in [1.29, 1.82) is 0 Å². The summed E-state index contributed by atoms with van der Waals surface area (Å²) >= 11 is 8.23. The minimum absolute atomic E-state index is 0.553. The topological polar surface area (TPSA) is 0 Å². The molecule has 5 aliphatic rings. The molecule has 0 aromatic rings. The number of alkyl halides is 2. The van der Waals surface area contributed by atoms with Gasteiger partial charge in [-0.15, -0.1) is 0 Å². The van der Waals surface area contributed by atoms with E-state index in [1.54, 1.807) is 0 Å². The molecule has 0 aromatic carbocycles. The molecule has 0 nitrogen and oxygen atoms in total. The third kappa shape index (κ3) is 1.12. The molecule has 5 saturated carbocycles. The molecule has 2 heteroatoms. The standard InChI is InChI=1S/C14H20Br2/c15-13-7-3-6-12(8-13,9-13)14(16)10-4-1-2-5-11(10)14/h10-11H,1-9H2/t10-,11+,12?,13?,14?. The van der Waals surface area contributed by atoms with E-state index >= 15 is 0 Å². The highest BCUT2D eigenvalue weighted by molar-refractivity contribution is 9.10. The molecular formula is C14H20Br2. The molecule has 90 valence electrons. The smallest absolute Gasteiger partial charge is 0.0377 e. The van der Waals surface area contributed by atoms with Crippen molar-refractivity contribution in [3.63, 3.8) is 0 Å². The van der Waals surface area contributed by atoms with Crippen LogP contribution in [0.25, 0.3) is 0 Å². The summed E-state index contributed by atoms with van der Waals surface area (Å²) in [6.45, 7) is 0. The van der Waals surface area contributed by atoms with Crippen LogP contribution in [0.15, 0.2) is 0 Å². The van der Waals surface area contributed by atoms with Crippen LogP contribution in [-0.4, -0.2) is 8.65 Å². The lowest BCUT2D eigenvalue weighted by molar-refractivity contribution is 0.00962. The lowest BCUT2D eigenvalue weighted by Crippen LogP contribution is -2.57. The number of hydrogen-bond acceptors (Lipinski definition) is 0. The van der Waals surface area contributed by atoms with Gasteiger partial charge in [-0.25, -0.2) is 0 Å². The van der Waals surface area contributed by atoms with Gasteiger partial charge in [-0.1, -0.05) is 51.1 Å². The molecule has 16 heavy (non-hydrogen) atoms. The van der Waals surface area contributed by atoms with Gasteiger partial charge in [0.15, 0.2) is 0 Å². The molecular weight excluding hydrogens is 328 g/mol. The van der Waals surface area contributed by atoms with Crippen molar-refractivity contribution in [2.24, 2.45) is 17.3 Å². The van der Waals surface area contributed by atoms with Crippen molar-refractivity contribution < 1.29 is 0 Å². The first-order valence-electron chi connectivity index (χ1n) is 6.98. The van der Waals surface area contributed by atoms with Crippen molar-refractivity contribution in [1.82, 2.24) is 0 Å². The van der Waals surface area contributed by atoms with Gasteiger partial charge >= 0.3 is 0 Å². The first kappa shape index (κ1) is 10.8. The van der Waals surface area contributed by atoms with Crippen LogP contribution in [0.2, 0.25) is 0 Å². The van der Waals surface area contributed by atoms with Crippen molar-refractivity contribution in [3.05, 3.63) is 0 Å². The molecule has 0 aromatic heterocycles. The first-order valence-corrected chi connectivity index (χ1v) is 8.56. The van der Waals surface area contributed by atoms with Gasteiger partial charge in [0.05, 0.1) is 0 Å². The number of fused-ring (bicyclic) bond motifs is 3. The van der Waals surface area contributed by atoms with Gasteiger partial charge in [-0.3, -0.25) is 0 Å². The van der Waals surface area contributed by atoms with Gasteiger partial charge in [0, 0.05) is 8.65 Å². The maximum absolute atomic E-state index is 4.24. The van der Waals surface area contributed by atoms with Gasteiger partial charge in [0.2, 0.25) is 0 Å². The Morgan fingerprint density at radius 3 is 2.00 bits per heavy atom. The maximum atomic E-state index is 4.24. The molecule has 0 radical (unpaired) electrons. The molecule has 5 rings (SSSR count). The van der Waals surface area contributed by atoms with Gasteiger partial charge in [-0.05, 0) is 55.8 Å². The Kier molecular flexibility index (Phi) is 2.10. The Balaban J connectivity index is 1.63. The van der Waals surface area contributed by atoms with Crippen LogP contribution in [0.1, 0.15) is 57.8 Å². The Labute approximate surface area is 115 Å². The Hall–Kier alpha value is 0.960. The van der Waals surface area contributed by atoms with E-state index in [1.165, 1.54) is 57.8 Å². The second-order valence-corrected chi connectivity index (χ2v) is 9.90. The van der Waals surface area contributed by atoms with Crippen LogP contribution in [0.5, 0.6) is 0 Å². The van der Waals surface area contributed by atoms with Crippen LogP contribution in [0.3, 0.4) is 0 Å². The molecule has 0 heterocycles. The molecule has 5 aliphatic carbocycles. The van der Waals surface area contributed by atoms with Crippen LogP contribution in [0.4, 0.5) is 0 Å². The number of hydrogen-bond donors (Lipinski definition) is 0. The fourth-order valence-corrected chi connectivity index (χ4v) is 8.35. The van der Waals surface area contributed by atoms with Gasteiger partial charge in [-0.2, -0.15) is 0 Å². The molecule has 0 N–H and O–H groups in total. The van der Waals surface area contributed by atoms with Gasteiger partial charge in [0.1, 0.15) is 0 Å². The Morgan fingerprint density at radius 1 is 0.812 bits per heavy atom. The maximum Gasteiger partial charge on any atom is 0.0377 e. The van der Waals surface area contributed by atoms with Crippen molar-refractivity contribution in [2.75, 3.05) is 0 Å². The summed E-state index contributed by atoms with van der Waals surface area (Å²) in [5, 5.41) is 0. The zero-order valence-corrected chi connectivity index (χ0v) is 12.9. The summed E-state index contributed by atoms with van der Waals surface area (Å²) in [5.41, 5.74) is 0.689. The van der Waals surface area contributed by atoms with Crippen molar-refractivity contribution >= 4 is 31.9 Å². The monoisotopic (exact) mass is 346 g/mol. The first-order chi connectivity index (χ1) is 7.60. The molecule has 1 unspecified atom stereocenters. The molecule has 0 amide bonds. The summed E-state index contributed by atoms with van der Waals surface area (Å²) in [5.74, 6) is 2.08. The molecule has 3 atom stereocenters. The fraction of sp³-hybridized carbons (Fsp3) is 1.00. The summed E-state index contributed by atoms with van der Waals surface area (Å²) in [7, 11) is 0. The van der Waals surface area contributed by atoms with Crippen molar-refractivity contribution in [2.45, 2.75) is 66.4 Å². The van der Waals surface area contributed by atoms with E-state index in [0.29, 0.717) is 14.1 Å². The summed E-state index contributed by atoms with van der Waals surface area (Å²) in [6.07, 6.45) is 13.3. The molecule has 0 spiro atoms. The van der Waals surface area contributed by atoms with Crippen LogP contribution < -0.4 is 0 Å². The van der Waals surface area contributed by atoms with E-state index in [1.807, 2.05) is 0 Å². The SMILES string of the molecule is BrC12CCCC(C3(Br)[C@@H]4CCCC[C@@H]43)(C1)C2. The zero-order valence-electron chi connectivity index (χ0n) is 9.77. The van der Waals surface area contributed by atoms with Crippen LogP contribution in [0, 0.1) is 17.3 Å². The van der Waals surface area contributed by atoms with Crippen LogP contribution in [-0.2, 0) is 0 Å². The Bertz CT molecular complexity index is 318. The largest absolute Gasteiger partial charge is 0.0853 e. The highest BCUT2D eigenvalue weighted by Crippen LogP contribution is 2.80. The quantitative estimate of drug-likeness (QED) is 0.583. The molecule has 2 bridgehead atoms. The van der Waals surface area contributed by atoms with E-state index < -0.39 is 0 Å². The van der Waals surface area contributed by atoms with E-state index in [4.69, 9.17) is 0 Å². The minimum Gasteiger partial charge on any atom is -0.0853 e. The van der Waals surface area contributed by atoms with E-state index in [2.05, 4.69) is 31.9 Å². The molecule has 0 saturated heterocycles. The lowest BCUT2D eigenvalue weighted by atomic mass is 9.51. The van der Waals surface area contributed by atoms with Gasteiger partial charge in [0.25, 0.3) is 0 Å². The van der Waals surface area contributed by atoms with E-state index in [-0.39, 0.29) is 0 Å². The summed E-state index contributed by atoms with van der Waals surface area (Å²) < 4.78 is 1.13. The van der Waals surface area contributed by atoms with Gasteiger partial charge < -0.3 is 0 Å². The molecule has 0 aliphatic heterocycles. The number of rotatable bonds is 1. The third-order valence-electron chi connectivity index (χ3n) is 6.14. The van der Waals surface area contributed by atoms with Crippen molar-refractivity contribution in [3.8, 4) is 0 Å². The zero-order chi connectivity index (χ0) is 11.0. The van der Waals surface area contributed by atoms with Crippen LogP contribution >= 0.6 is 31.9 Å². The summed E-state index contributed by atoms with van der Waals surface area (Å²) in [4.78, 5) is 0. The highest BCUT2D eigenvalue weighted by atomic mass is 79.9. The third-order valence-corrected chi connectivity index (χ3v) is 9.11. The normalized spacial score (nSPS) is 63.4. The minimum atomic E-state index is 0.553. The summed E-state index contributed by atoms with van der Waals surface area (Å²) in [6, 6.07) is 0. The lowest BCUT2D eigenvalue weighted by Gasteiger charge is -2.61. The molecule has 5 fully saturated rings.